The second kappa shape index (κ2) is 5.64. The summed E-state index contributed by atoms with van der Waals surface area (Å²) in [7, 11) is 0. The molecule has 106 valence electrons. The van der Waals surface area contributed by atoms with Crippen molar-refractivity contribution in [2.45, 2.75) is 12.2 Å². The monoisotopic (exact) mass is 281 g/mol. The first-order valence-electron chi connectivity index (χ1n) is 6.06. The lowest BCUT2D eigenvalue weighted by Gasteiger charge is -2.14. The zero-order chi connectivity index (χ0) is 14.8. The molecule has 0 bridgehead atoms. The Morgan fingerprint density at radius 1 is 1.00 bits per heavy atom. The summed E-state index contributed by atoms with van der Waals surface area (Å²) < 4.78 is 38.8. The summed E-state index contributed by atoms with van der Waals surface area (Å²) in [5.41, 5.74) is 6.26. The number of rotatable bonds is 3. The van der Waals surface area contributed by atoms with Crippen LogP contribution in [0.2, 0.25) is 0 Å². The minimum Gasteiger partial charge on any atom is -0.394 e. The average molecular weight is 281 g/mol. The van der Waals surface area contributed by atoms with Gasteiger partial charge in [-0.1, -0.05) is 42.5 Å². The summed E-state index contributed by atoms with van der Waals surface area (Å²) in [5, 5.41) is 8.95. The molecular weight excluding hydrogens is 267 g/mol. The third-order valence-electron chi connectivity index (χ3n) is 3.08. The maximum absolute atomic E-state index is 12.9. The quantitative estimate of drug-likeness (QED) is 0.906. The number of hydrogen-bond acceptors (Lipinski definition) is 2. The Morgan fingerprint density at radius 3 is 2.15 bits per heavy atom. The van der Waals surface area contributed by atoms with Crippen molar-refractivity contribution in [1.29, 1.82) is 0 Å². The second-order valence-electron chi connectivity index (χ2n) is 4.45. The predicted molar refractivity (Wildman–Crippen MR) is 70.9 cm³/mol. The van der Waals surface area contributed by atoms with E-state index >= 15 is 0 Å². The molecule has 5 heteroatoms. The zero-order valence-electron chi connectivity index (χ0n) is 10.6. The maximum atomic E-state index is 12.9. The number of alkyl halides is 3. The molecule has 2 aromatic rings. The molecule has 0 aliphatic carbocycles. The first-order valence-corrected chi connectivity index (χ1v) is 6.06. The van der Waals surface area contributed by atoms with Gasteiger partial charge in [-0.25, -0.2) is 0 Å². The van der Waals surface area contributed by atoms with E-state index in [4.69, 9.17) is 10.8 Å². The highest BCUT2D eigenvalue weighted by atomic mass is 19.4. The Kier molecular flexibility index (Phi) is 4.11. The Bertz CT molecular complexity index is 578. The van der Waals surface area contributed by atoms with Crippen molar-refractivity contribution in [3.8, 4) is 11.1 Å². The minimum absolute atomic E-state index is 0.129. The molecule has 0 aliphatic heterocycles. The molecule has 1 atom stereocenters. The molecule has 20 heavy (non-hydrogen) atoms. The van der Waals surface area contributed by atoms with Crippen molar-refractivity contribution in [3.63, 3.8) is 0 Å². The van der Waals surface area contributed by atoms with E-state index in [9.17, 15) is 13.2 Å². The van der Waals surface area contributed by atoms with Crippen LogP contribution in [0.25, 0.3) is 11.1 Å². The van der Waals surface area contributed by atoms with Crippen molar-refractivity contribution < 1.29 is 18.3 Å². The van der Waals surface area contributed by atoms with Crippen LogP contribution < -0.4 is 5.73 Å². The minimum atomic E-state index is -4.39. The van der Waals surface area contributed by atoms with E-state index < -0.39 is 17.8 Å². The molecule has 0 aromatic heterocycles. The average Bonchev–Trinajstić information content (AvgIpc) is 2.46. The first-order chi connectivity index (χ1) is 9.43. The lowest BCUT2D eigenvalue weighted by atomic mass is 9.97. The molecule has 2 nitrogen and oxygen atoms in total. The van der Waals surface area contributed by atoms with Crippen LogP contribution in [0.1, 0.15) is 17.2 Å². The van der Waals surface area contributed by atoms with E-state index in [0.717, 1.165) is 6.07 Å². The van der Waals surface area contributed by atoms with E-state index in [1.807, 2.05) is 0 Å². The van der Waals surface area contributed by atoms with Crippen molar-refractivity contribution in [2.75, 3.05) is 6.61 Å². The Morgan fingerprint density at radius 2 is 1.60 bits per heavy atom. The van der Waals surface area contributed by atoms with E-state index in [2.05, 4.69) is 0 Å². The van der Waals surface area contributed by atoms with Crippen LogP contribution in [-0.2, 0) is 6.18 Å². The van der Waals surface area contributed by atoms with E-state index in [-0.39, 0.29) is 12.2 Å². The van der Waals surface area contributed by atoms with Gasteiger partial charge < -0.3 is 10.8 Å². The van der Waals surface area contributed by atoms with Gasteiger partial charge in [-0.15, -0.1) is 0 Å². The van der Waals surface area contributed by atoms with Crippen LogP contribution >= 0.6 is 0 Å². The molecule has 0 amide bonds. The van der Waals surface area contributed by atoms with Gasteiger partial charge in [-0.3, -0.25) is 0 Å². The number of hydrogen-bond donors (Lipinski definition) is 2. The summed E-state index contributed by atoms with van der Waals surface area (Å²) in [5.74, 6) is 0. The van der Waals surface area contributed by atoms with Crippen molar-refractivity contribution in [2.24, 2.45) is 5.73 Å². The molecule has 0 saturated carbocycles. The van der Waals surface area contributed by atoms with Gasteiger partial charge in [0.15, 0.2) is 0 Å². The third-order valence-corrected chi connectivity index (χ3v) is 3.08. The van der Waals surface area contributed by atoms with Gasteiger partial charge in [0.1, 0.15) is 0 Å². The van der Waals surface area contributed by atoms with Crippen molar-refractivity contribution >= 4 is 0 Å². The fraction of sp³-hybridized carbons (Fsp3) is 0.200. The van der Waals surface area contributed by atoms with Gasteiger partial charge in [-0.2, -0.15) is 13.2 Å². The topological polar surface area (TPSA) is 46.2 Å². The first kappa shape index (κ1) is 14.6. The molecule has 0 spiro atoms. The second-order valence-corrected chi connectivity index (χ2v) is 4.45. The summed E-state index contributed by atoms with van der Waals surface area (Å²) in [6, 6.07) is 11.3. The fourth-order valence-corrected chi connectivity index (χ4v) is 2.00. The Balaban J connectivity index is 2.42. The Hall–Kier alpha value is -1.85. The summed E-state index contributed by atoms with van der Waals surface area (Å²) in [6.07, 6.45) is -4.39. The van der Waals surface area contributed by atoms with Crippen LogP contribution in [0.3, 0.4) is 0 Å². The van der Waals surface area contributed by atoms with E-state index in [1.54, 1.807) is 30.3 Å². The van der Waals surface area contributed by atoms with E-state index in [1.165, 1.54) is 12.1 Å². The van der Waals surface area contributed by atoms with Crippen LogP contribution in [-0.4, -0.2) is 11.7 Å². The largest absolute Gasteiger partial charge is 0.417 e. The number of halogens is 3. The maximum Gasteiger partial charge on any atom is 0.417 e. The molecule has 0 radical (unpaired) electrons. The predicted octanol–water partition coefficient (Wildman–Crippen LogP) is 3.36. The smallest absolute Gasteiger partial charge is 0.394 e. The molecule has 2 aromatic carbocycles. The van der Waals surface area contributed by atoms with Gasteiger partial charge in [0.2, 0.25) is 0 Å². The summed E-state index contributed by atoms with van der Waals surface area (Å²) in [4.78, 5) is 0. The van der Waals surface area contributed by atoms with Crippen molar-refractivity contribution in [1.82, 2.24) is 0 Å². The van der Waals surface area contributed by atoms with Crippen LogP contribution in [0.15, 0.2) is 48.5 Å². The van der Waals surface area contributed by atoms with Gasteiger partial charge in [-0.05, 0) is 22.8 Å². The molecule has 0 unspecified atom stereocenters. The normalized spacial score (nSPS) is 13.2. The highest BCUT2D eigenvalue weighted by Crippen LogP contribution is 2.36. The van der Waals surface area contributed by atoms with Crippen LogP contribution in [0.4, 0.5) is 13.2 Å². The zero-order valence-corrected chi connectivity index (χ0v) is 10.6. The SMILES string of the molecule is N[C@@H](CO)c1ccc(-c2ccccc2C(F)(F)F)cc1. The van der Waals surface area contributed by atoms with E-state index in [0.29, 0.717) is 11.1 Å². The molecular formula is C15H14F3NO. The Labute approximate surface area is 114 Å². The fourth-order valence-electron chi connectivity index (χ4n) is 2.00. The number of aliphatic hydroxyl groups excluding tert-OH is 1. The number of aliphatic hydroxyl groups is 1. The van der Waals surface area contributed by atoms with Gasteiger partial charge in [0.25, 0.3) is 0 Å². The molecule has 3 N–H and O–H groups in total. The standard InChI is InChI=1S/C15H14F3NO/c16-15(17,18)13-4-2-1-3-12(13)10-5-7-11(8-6-10)14(19)9-20/h1-8,14,20H,9,19H2/t14-/m0/s1. The van der Waals surface area contributed by atoms with Crippen molar-refractivity contribution in [3.05, 3.63) is 59.7 Å². The van der Waals surface area contributed by atoms with Gasteiger partial charge in [0.05, 0.1) is 18.2 Å². The van der Waals surface area contributed by atoms with Gasteiger partial charge >= 0.3 is 6.18 Å². The molecule has 0 saturated heterocycles. The highest BCUT2D eigenvalue weighted by molar-refractivity contribution is 5.68. The number of nitrogens with two attached hydrogens (primary N) is 1. The lowest BCUT2D eigenvalue weighted by Crippen LogP contribution is -2.14. The third kappa shape index (κ3) is 3.00. The molecule has 0 fully saturated rings. The van der Waals surface area contributed by atoms with Gasteiger partial charge in [0, 0.05) is 0 Å². The molecule has 0 heterocycles. The highest BCUT2D eigenvalue weighted by Gasteiger charge is 2.33. The van der Waals surface area contributed by atoms with Crippen LogP contribution in [0.5, 0.6) is 0 Å². The van der Waals surface area contributed by atoms with Crippen LogP contribution in [0, 0.1) is 0 Å². The lowest BCUT2D eigenvalue weighted by molar-refractivity contribution is -0.137. The molecule has 2 rings (SSSR count). The molecule has 0 aliphatic rings. The summed E-state index contributed by atoms with van der Waals surface area (Å²) >= 11 is 0. The summed E-state index contributed by atoms with van der Waals surface area (Å²) in [6.45, 7) is -0.210. The number of benzene rings is 2.